The van der Waals surface area contributed by atoms with Crippen LogP contribution in [0.2, 0.25) is 10.0 Å². The maximum absolute atomic E-state index is 12.3. The first-order valence-corrected chi connectivity index (χ1v) is 10.2. The molecule has 1 N–H and O–H groups in total. The molecule has 0 saturated heterocycles. The van der Waals surface area contributed by atoms with E-state index in [9.17, 15) is 9.59 Å². The largest absolute Gasteiger partial charge is 0.482 e. The van der Waals surface area contributed by atoms with E-state index in [1.165, 1.54) is 4.68 Å². The molecule has 0 fully saturated rings. The molecular formula is C20H17Cl2N3O5S. The van der Waals surface area contributed by atoms with E-state index in [2.05, 4.69) is 10.4 Å². The van der Waals surface area contributed by atoms with Crippen LogP contribution in [0.1, 0.15) is 23.2 Å². The molecule has 3 rings (SSSR count). The molecule has 31 heavy (non-hydrogen) atoms. The molecule has 0 aliphatic rings. The molecule has 0 saturated carbocycles. The summed E-state index contributed by atoms with van der Waals surface area (Å²) < 4.78 is 17.1. The van der Waals surface area contributed by atoms with Crippen LogP contribution >= 0.6 is 35.4 Å². The Bertz CT molecular complexity index is 1140. The summed E-state index contributed by atoms with van der Waals surface area (Å²) in [5, 5.41) is 7.67. The Hall–Kier alpha value is -2.88. The molecule has 0 atom stereocenters. The number of hydrogen-bond acceptors (Lipinski definition) is 7. The fourth-order valence-electron chi connectivity index (χ4n) is 2.48. The van der Waals surface area contributed by atoms with Gasteiger partial charge in [0.25, 0.3) is 10.7 Å². The summed E-state index contributed by atoms with van der Waals surface area (Å²) in [5.41, 5.74) is 0.901. The third kappa shape index (κ3) is 6.30. The zero-order chi connectivity index (χ0) is 22.4. The highest BCUT2D eigenvalue weighted by Crippen LogP contribution is 2.28. The van der Waals surface area contributed by atoms with Gasteiger partial charge in [0.2, 0.25) is 5.91 Å². The highest BCUT2D eigenvalue weighted by atomic mass is 35.5. The Kier molecular flexibility index (Phi) is 7.67. The Morgan fingerprint density at radius 2 is 1.94 bits per heavy atom. The number of benzene rings is 2. The van der Waals surface area contributed by atoms with Crippen molar-refractivity contribution in [3.05, 3.63) is 68.8 Å². The van der Waals surface area contributed by atoms with Gasteiger partial charge in [0.05, 0.1) is 17.2 Å². The molecular weight excluding hydrogens is 465 g/mol. The molecule has 0 spiro atoms. The summed E-state index contributed by atoms with van der Waals surface area (Å²) in [6.07, 6.45) is 0. The van der Waals surface area contributed by atoms with Gasteiger partial charge in [-0.1, -0.05) is 23.2 Å². The van der Waals surface area contributed by atoms with Gasteiger partial charge in [-0.05, 0) is 61.6 Å². The number of nitrogens with zero attached hydrogens (tertiary/aromatic N) is 2. The molecule has 8 nitrogen and oxygen atoms in total. The number of amides is 1. The van der Waals surface area contributed by atoms with Gasteiger partial charge in [-0.3, -0.25) is 4.79 Å². The third-order valence-corrected chi connectivity index (χ3v) is 4.69. The Morgan fingerprint density at radius 1 is 1.19 bits per heavy atom. The second kappa shape index (κ2) is 10.4. The molecule has 2 aromatic carbocycles. The predicted octanol–water partition coefficient (Wildman–Crippen LogP) is 4.91. The molecule has 11 heteroatoms. The first kappa shape index (κ1) is 22.8. The Labute approximate surface area is 192 Å². The van der Waals surface area contributed by atoms with Crippen molar-refractivity contribution in [2.24, 2.45) is 0 Å². The lowest BCUT2D eigenvalue weighted by molar-refractivity contribution is -0.117. The Morgan fingerprint density at radius 3 is 2.61 bits per heavy atom. The molecule has 162 valence electrons. The van der Waals surface area contributed by atoms with Crippen LogP contribution in [0.15, 0.2) is 46.9 Å². The van der Waals surface area contributed by atoms with Crippen LogP contribution in [0, 0.1) is 4.84 Å². The van der Waals surface area contributed by atoms with Crippen molar-refractivity contribution >= 4 is 53.0 Å². The van der Waals surface area contributed by atoms with Crippen molar-refractivity contribution in [2.75, 3.05) is 11.9 Å². The first-order valence-electron chi connectivity index (χ1n) is 9.07. The average molecular weight is 482 g/mol. The van der Waals surface area contributed by atoms with Crippen LogP contribution in [0.5, 0.6) is 5.75 Å². The predicted molar refractivity (Wildman–Crippen MR) is 117 cm³/mol. The molecule has 0 aliphatic carbocycles. The number of esters is 1. The number of carbonyl (C=O) groups excluding carboxylic acids is 2. The number of anilines is 1. The number of carbonyl (C=O) groups is 2. The van der Waals surface area contributed by atoms with Crippen LogP contribution < -0.4 is 10.1 Å². The quantitative estimate of drug-likeness (QED) is 0.360. The minimum Gasteiger partial charge on any atom is -0.482 e. The lowest BCUT2D eigenvalue weighted by Crippen LogP contribution is -2.20. The number of rotatable bonds is 8. The van der Waals surface area contributed by atoms with Crippen LogP contribution in [0.4, 0.5) is 5.69 Å². The summed E-state index contributed by atoms with van der Waals surface area (Å²) in [5.74, 6) is -0.209. The number of aromatic nitrogens is 2. The van der Waals surface area contributed by atoms with E-state index in [4.69, 9.17) is 49.3 Å². The highest BCUT2D eigenvalue weighted by Gasteiger charge is 2.12. The standard InChI is InChI=1S/C20H17Cl2N3O5S/c1-2-28-19(27)12-3-6-14(7-4-12)23-17(26)10-25-20(31)30-18(24-25)11-29-16-8-5-13(21)9-15(16)22/h3-9H,2,10-11H2,1H3,(H,23,26). The average Bonchev–Trinajstić information content (AvgIpc) is 3.07. The van der Waals surface area contributed by atoms with Gasteiger partial charge < -0.3 is 19.2 Å². The summed E-state index contributed by atoms with van der Waals surface area (Å²) in [6, 6.07) is 11.1. The summed E-state index contributed by atoms with van der Waals surface area (Å²) in [7, 11) is 0. The van der Waals surface area contributed by atoms with Crippen LogP contribution in [-0.2, 0) is 22.7 Å². The van der Waals surface area contributed by atoms with E-state index in [-0.39, 0.29) is 36.4 Å². The molecule has 1 amide bonds. The minimum atomic E-state index is -0.427. The number of nitrogens with one attached hydrogen (secondary N) is 1. The second-order valence-electron chi connectivity index (χ2n) is 6.13. The van der Waals surface area contributed by atoms with Gasteiger partial charge in [-0.2, -0.15) is 0 Å². The van der Waals surface area contributed by atoms with Gasteiger partial charge in [-0.25, -0.2) is 9.48 Å². The van der Waals surface area contributed by atoms with Gasteiger partial charge in [0, 0.05) is 10.7 Å². The van der Waals surface area contributed by atoms with E-state index >= 15 is 0 Å². The van der Waals surface area contributed by atoms with Crippen LogP contribution in [-0.4, -0.2) is 28.3 Å². The maximum atomic E-state index is 12.3. The van der Waals surface area contributed by atoms with Crippen molar-refractivity contribution in [3.63, 3.8) is 0 Å². The summed E-state index contributed by atoms with van der Waals surface area (Å²) >= 11 is 17.0. The minimum absolute atomic E-state index is 0.0219. The normalized spacial score (nSPS) is 10.5. The summed E-state index contributed by atoms with van der Waals surface area (Å²) in [6.45, 7) is 1.82. The van der Waals surface area contributed by atoms with E-state index in [1.807, 2.05) is 0 Å². The van der Waals surface area contributed by atoms with Gasteiger partial charge in [0.15, 0.2) is 6.61 Å². The van der Waals surface area contributed by atoms with E-state index < -0.39 is 5.97 Å². The fraction of sp³-hybridized carbons (Fsp3) is 0.200. The number of ether oxygens (including phenoxy) is 2. The van der Waals surface area contributed by atoms with Gasteiger partial charge >= 0.3 is 5.97 Å². The van der Waals surface area contributed by atoms with Gasteiger partial charge in [0.1, 0.15) is 12.3 Å². The van der Waals surface area contributed by atoms with E-state index in [1.54, 1.807) is 49.4 Å². The lowest BCUT2D eigenvalue weighted by Gasteiger charge is -2.06. The lowest BCUT2D eigenvalue weighted by atomic mass is 10.2. The fourth-order valence-corrected chi connectivity index (χ4v) is 3.14. The number of halogens is 2. The van der Waals surface area contributed by atoms with Crippen molar-refractivity contribution in [1.29, 1.82) is 0 Å². The number of hydrogen-bond donors (Lipinski definition) is 1. The smallest absolute Gasteiger partial charge is 0.338 e. The van der Waals surface area contributed by atoms with Crippen molar-refractivity contribution in [2.45, 2.75) is 20.1 Å². The van der Waals surface area contributed by atoms with Crippen LogP contribution in [0.3, 0.4) is 0 Å². The maximum Gasteiger partial charge on any atom is 0.338 e. The molecule has 0 radical (unpaired) electrons. The van der Waals surface area contributed by atoms with Crippen LogP contribution in [0.25, 0.3) is 0 Å². The van der Waals surface area contributed by atoms with Crippen molar-refractivity contribution < 1.29 is 23.5 Å². The van der Waals surface area contributed by atoms with Gasteiger partial charge in [-0.15, -0.1) is 5.10 Å². The summed E-state index contributed by atoms with van der Waals surface area (Å²) in [4.78, 5) is 24.0. The SMILES string of the molecule is CCOC(=O)c1ccc(NC(=O)Cn2nc(COc3ccc(Cl)cc3Cl)oc2=S)cc1. The molecule has 0 bridgehead atoms. The topological polar surface area (TPSA) is 95.6 Å². The van der Waals surface area contributed by atoms with E-state index in [0.717, 1.165) is 0 Å². The highest BCUT2D eigenvalue weighted by molar-refractivity contribution is 7.71. The molecule has 1 aromatic heterocycles. The molecule has 1 heterocycles. The zero-order valence-electron chi connectivity index (χ0n) is 16.3. The van der Waals surface area contributed by atoms with Crippen molar-refractivity contribution in [1.82, 2.24) is 9.78 Å². The molecule has 0 aliphatic heterocycles. The first-order chi connectivity index (χ1) is 14.9. The van der Waals surface area contributed by atoms with E-state index in [0.29, 0.717) is 27.0 Å². The second-order valence-corrected chi connectivity index (χ2v) is 7.32. The Balaban J connectivity index is 1.57. The third-order valence-electron chi connectivity index (χ3n) is 3.87. The molecule has 3 aromatic rings. The monoisotopic (exact) mass is 481 g/mol. The van der Waals surface area contributed by atoms with Crippen molar-refractivity contribution in [3.8, 4) is 5.75 Å². The zero-order valence-corrected chi connectivity index (χ0v) is 18.6. The molecule has 0 unspecified atom stereocenters.